The molecule has 1 saturated heterocycles. The lowest BCUT2D eigenvalue weighted by molar-refractivity contribution is 0.0952. The smallest absolute Gasteiger partial charge is 0.200 e. The van der Waals surface area contributed by atoms with Crippen molar-refractivity contribution >= 4 is 17.5 Å². The predicted molar refractivity (Wildman–Crippen MR) is 98.2 cm³/mol. The van der Waals surface area contributed by atoms with Crippen molar-refractivity contribution < 1.29 is 13.9 Å². The number of rotatable bonds is 7. The number of nitrogens with zero attached hydrogens (tertiary/aromatic N) is 3. The highest BCUT2D eigenvalue weighted by Crippen LogP contribution is 2.27. The van der Waals surface area contributed by atoms with Crippen LogP contribution in [0.4, 0.5) is 0 Å². The summed E-state index contributed by atoms with van der Waals surface area (Å²) >= 11 is 1.39. The molecule has 6 nitrogen and oxygen atoms in total. The number of benzene rings is 1. The summed E-state index contributed by atoms with van der Waals surface area (Å²) in [6.45, 7) is 1.45. The van der Waals surface area contributed by atoms with E-state index in [1.165, 1.54) is 11.8 Å². The van der Waals surface area contributed by atoms with Gasteiger partial charge in [0.25, 0.3) is 0 Å². The first-order chi connectivity index (χ1) is 12.8. The molecule has 7 heteroatoms. The lowest BCUT2D eigenvalue weighted by Gasteiger charge is -2.13. The van der Waals surface area contributed by atoms with Crippen LogP contribution in [0.1, 0.15) is 23.2 Å². The Kier molecular flexibility index (Phi) is 5.17. The number of Topliss-reactive ketones (excluding diaryl/α,β-unsaturated/α-hetero) is 1. The van der Waals surface area contributed by atoms with Crippen LogP contribution in [0.3, 0.4) is 0 Å². The number of furan rings is 1. The van der Waals surface area contributed by atoms with Gasteiger partial charge in [-0.05, 0) is 25.0 Å². The van der Waals surface area contributed by atoms with Gasteiger partial charge in [0.2, 0.25) is 5.82 Å². The largest absolute Gasteiger partial charge is 0.461 e. The summed E-state index contributed by atoms with van der Waals surface area (Å²) in [5.41, 5.74) is 0.705. The van der Waals surface area contributed by atoms with Gasteiger partial charge in [0, 0.05) is 12.2 Å². The fourth-order valence-corrected chi connectivity index (χ4v) is 3.82. The fourth-order valence-electron chi connectivity index (χ4n) is 2.98. The fraction of sp³-hybridized carbons (Fsp3) is 0.316. The number of carbonyl (C=O) groups excluding carboxylic acids is 1. The number of ketones is 1. The SMILES string of the molecule is O=C(CSc1nnc(-c2ccco2)n1C[C@H]1CCCO1)c1ccccc1. The van der Waals surface area contributed by atoms with Crippen molar-refractivity contribution in [2.75, 3.05) is 12.4 Å². The Labute approximate surface area is 155 Å². The number of carbonyl (C=O) groups is 1. The average Bonchev–Trinajstić information content (AvgIpc) is 3.43. The molecule has 3 aromatic rings. The van der Waals surface area contributed by atoms with Gasteiger partial charge in [0.05, 0.1) is 24.7 Å². The van der Waals surface area contributed by atoms with E-state index < -0.39 is 0 Å². The molecular formula is C19H19N3O3S. The number of thioether (sulfide) groups is 1. The first-order valence-corrected chi connectivity index (χ1v) is 9.59. The molecule has 0 radical (unpaired) electrons. The van der Waals surface area contributed by atoms with Crippen LogP contribution in [0.15, 0.2) is 58.3 Å². The van der Waals surface area contributed by atoms with Crippen LogP contribution >= 0.6 is 11.8 Å². The summed E-state index contributed by atoms with van der Waals surface area (Å²) < 4.78 is 13.3. The normalized spacial score (nSPS) is 16.8. The van der Waals surface area contributed by atoms with Crippen molar-refractivity contribution in [1.82, 2.24) is 14.8 Å². The Bertz CT molecular complexity index is 856. The monoisotopic (exact) mass is 369 g/mol. The van der Waals surface area contributed by atoms with Crippen LogP contribution in [-0.4, -0.2) is 39.0 Å². The third-order valence-corrected chi connectivity index (χ3v) is 5.26. The van der Waals surface area contributed by atoms with E-state index in [1.54, 1.807) is 6.26 Å². The van der Waals surface area contributed by atoms with E-state index in [2.05, 4.69) is 10.2 Å². The minimum Gasteiger partial charge on any atom is -0.461 e. The molecule has 1 atom stereocenters. The van der Waals surface area contributed by atoms with E-state index in [0.717, 1.165) is 19.4 Å². The van der Waals surface area contributed by atoms with Crippen LogP contribution in [-0.2, 0) is 11.3 Å². The molecule has 1 aliphatic heterocycles. The second-order valence-corrected chi connectivity index (χ2v) is 7.05. The van der Waals surface area contributed by atoms with Crippen molar-refractivity contribution in [3.05, 3.63) is 54.3 Å². The van der Waals surface area contributed by atoms with Gasteiger partial charge in [-0.2, -0.15) is 0 Å². The van der Waals surface area contributed by atoms with Gasteiger partial charge >= 0.3 is 0 Å². The maximum Gasteiger partial charge on any atom is 0.200 e. The Balaban J connectivity index is 1.54. The van der Waals surface area contributed by atoms with Crippen LogP contribution in [0.25, 0.3) is 11.6 Å². The zero-order valence-electron chi connectivity index (χ0n) is 14.2. The minimum atomic E-state index is 0.0711. The third-order valence-electron chi connectivity index (χ3n) is 4.30. The molecule has 1 aliphatic rings. The average molecular weight is 369 g/mol. The van der Waals surface area contributed by atoms with Crippen molar-refractivity contribution in [3.8, 4) is 11.6 Å². The molecule has 0 bridgehead atoms. The van der Waals surface area contributed by atoms with Gasteiger partial charge in [-0.25, -0.2) is 0 Å². The number of ether oxygens (including phenoxy) is 1. The Morgan fingerprint density at radius 2 is 2.08 bits per heavy atom. The van der Waals surface area contributed by atoms with Gasteiger partial charge in [-0.1, -0.05) is 42.1 Å². The van der Waals surface area contributed by atoms with E-state index in [9.17, 15) is 4.79 Å². The quantitative estimate of drug-likeness (QED) is 0.467. The minimum absolute atomic E-state index is 0.0711. The number of hydrogen-bond acceptors (Lipinski definition) is 6. The molecule has 26 heavy (non-hydrogen) atoms. The first kappa shape index (κ1) is 17.1. The topological polar surface area (TPSA) is 70.2 Å². The molecule has 0 spiro atoms. The van der Waals surface area contributed by atoms with E-state index in [0.29, 0.717) is 34.6 Å². The summed E-state index contributed by atoms with van der Waals surface area (Å²) in [5.74, 6) is 1.71. The van der Waals surface area contributed by atoms with Gasteiger partial charge in [-0.15, -0.1) is 10.2 Å². The molecule has 134 valence electrons. The van der Waals surface area contributed by atoms with Crippen LogP contribution < -0.4 is 0 Å². The molecule has 1 fully saturated rings. The van der Waals surface area contributed by atoms with Gasteiger partial charge in [0.1, 0.15) is 0 Å². The summed E-state index contributed by atoms with van der Waals surface area (Å²) in [4.78, 5) is 12.4. The van der Waals surface area contributed by atoms with Crippen molar-refractivity contribution in [2.45, 2.75) is 30.6 Å². The highest BCUT2D eigenvalue weighted by atomic mass is 32.2. The second kappa shape index (κ2) is 7.88. The van der Waals surface area contributed by atoms with Crippen molar-refractivity contribution in [1.29, 1.82) is 0 Å². The van der Waals surface area contributed by atoms with Crippen LogP contribution in [0.2, 0.25) is 0 Å². The highest BCUT2D eigenvalue weighted by molar-refractivity contribution is 7.99. The van der Waals surface area contributed by atoms with E-state index in [1.807, 2.05) is 47.0 Å². The lowest BCUT2D eigenvalue weighted by atomic mass is 10.2. The molecule has 0 amide bonds. The van der Waals surface area contributed by atoms with Crippen LogP contribution in [0, 0.1) is 0 Å². The molecule has 2 aromatic heterocycles. The Hall–Kier alpha value is -2.38. The standard InChI is InChI=1S/C19H19N3O3S/c23-16(14-6-2-1-3-7-14)13-26-19-21-20-18(17-9-5-11-25-17)22(19)12-15-8-4-10-24-15/h1-3,5-7,9,11,15H,4,8,10,12-13H2/t15-/m1/s1. The Morgan fingerprint density at radius 3 is 2.81 bits per heavy atom. The summed E-state index contributed by atoms with van der Waals surface area (Å²) in [6, 6.07) is 13.0. The second-order valence-electron chi connectivity index (χ2n) is 6.11. The molecule has 0 N–H and O–H groups in total. The van der Waals surface area contributed by atoms with E-state index in [-0.39, 0.29) is 11.9 Å². The zero-order chi connectivity index (χ0) is 17.8. The highest BCUT2D eigenvalue weighted by Gasteiger charge is 2.23. The van der Waals surface area contributed by atoms with Gasteiger partial charge in [-0.3, -0.25) is 9.36 Å². The van der Waals surface area contributed by atoms with Crippen molar-refractivity contribution in [2.24, 2.45) is 0 Å². The summed E-state index contributed by atoms with van der Waals surface area (Å²) in [6.07, 6.45) is 3.84. The molecule has 0 saturated carbocycles. The maximum atomic E-state index is 12.4. The maximum absolute atomic E-state index is 12.4. The van der Waals surface area contributed by atoms with Crippen LogP contribution in [0.5, 0.6) is 0 Å². The first-order valence-electron chi connectivity index (χ1n) is 8.61. The number of aromatic nitrogens is 3. The zero-order valence-corrected chi connectivity index (χ0v) is 15.0. The molecule has 4 rings (SSSR count). The third kappa shape index (κ3) is 3.73. The summed E-state index contributed by atoms with van der Waals surface area (Å²) in [7, 11) is 0. The van der Waals surface area contributed by atoms with E-state index in [4.69, 9.17) is 9.15 Å². The summed E-state index contributed by atoms with van der Waals surface area (Å²) in [5, 5.41) is 9.28. The molecule has 1 aromatic carbocycles. The Morgan fingerprint density at radius 1 is 1.19 bits per heavy atom. The van der Waals surface area contributed by atoms with Gasteiger partial charge in [0.15, 0.2) is 16.7 Å². The van der Waals surface area contributed by atoms with Gasteiger partial charge < -0.3 is 9.15 Å². The molecule has 3 heterocycles. The lowest BCUT2D eigenvalue weighted by Crippen LogP contribution is -2.17. The molecular weight excluding hydrogens is 350 g/mol. The van der Waals surface area contributed by atoms with Crippen molar-refractivity contribution in [3.63, 3.8) is 0 Å². The predicted octanol–water partition coefficient (Wildman–Crippen LogP) is 3.69. The molecule has 0 aliphatic carbocycles. The molecule has 0 unspecified atom stereocenters. The van der Waals surface area contributed by atoms with E-state index >= 15 is 0 Å². The number of hydrogen-bond donors (Lipinski definition) is 0.